The second-order valence-electron chi connectivity index (χ2n) is 4.44. The fourth-order valence-corrected chi connectivity index (χ4v) is 1.99. The van der Waals surface area contributed by atoms with Crippen LogP contribution in [0.5, 0.6) is 0 Å². The molecular weight excluding hydrogens is 246 g/mol. The van der Waals surface area contributed by atoms with Gasteiger partial charge in [-0.3, -0.25) is 0 Å². The first kappa shape index (κ1) is 11.8. The summed E-state index contributed by atoms with van der Waals surface area (Å²) < 4.78 is 6.77. The van der Waals surface area contributed by atoms with Gasteiger partial charge < -0.3 is 15.8 Å². The summed E-state index contributed by atoms with van der Waals surface area (Å²) in [5.74, 6) is 1.05. The van der Waals surface area contributed by atoms with Crippen LogP contribution < -0.4 is 11.1 Å². The maximum Gasteiger partial charge on any atom is 0.257 e. The van der Waals surface area contributed by atoms with Crippen LogP contribution in [-0.2, 0) is 4.74 Å². The van der Waals surface area contributed by atoms with Crippen molar-refractivity contribution in [3.8, 4) is 5.95 Å². The van der Waals surface area contributed by atoms with Gasteiger partial charge >= 0.3 is 0 Å². The van der Waals surface area contributed by atoms with E-state index in [0.29, 0.717) is 24.0 Å². The minimum atomic E-state index is 0.172. The molecule has 0 amide bonds. The molecule has 2 aromatic heterocycles. The highest BCUT2D eigenvalue weighted by atomic mass is 16.5. The average molecular weight is 261 g/mol. The van der Waals surface area contributed by atoms with E-state index in [9.17, 15) is 0 Å². The number of hydrogen-bond acceptors (Lipinski definition) is 7. The van der Waals surface area contributed by atoms with Crippen molar-refractivity contribution in [2.24, 2.45) is 0 Å². The van der Waals surface area contributed by atoms with Gasteiger partial charge in [0.1, 0.15) is 0 Å². The van der Waals surface area contributed by atoms with E-state index in [0.717, 1.165) is 12.8 Å². The van der Waals surface area contributed by atoms with E-state index in [4.69, 9.17) is 10.5 Å². The molecule has 0 spiro atoms. The molecule has 0 atom stereocenters. The molecular formula is C11H15N7O. The number of hydrogen-bond donors (Lipinski definition) is 2. The normalized spacial score (nSPS) is 21.9. The van der Waals surface area contributed by atoms with Crippen molar-refractivity contribution >= 4 is 11.9 Å². The molecule has 3 N–H and O–H groups in total. The SMILES string of the molecule is COC1CC(Nc2nc(N)nc(-n3cccn3)n2)C1. The standard InChI is InChI=1S/C11H15N7O/c1-19-8-5-7(6-8)14-10-15-9(12)16-11(17-10)18-4-2-3-13-18/h2-4,7-8H,5-6H2,1H3,(H3,12,14,15,16,17). The molecule has 19 heavy (non-hydrogen) atoms. The van der Waals surface area contributed by atoms with Gasteiger partial charge in [-0.1, -0.05) is 0 Å². The van der Waals surface area contributed by atoms with Crippen molar-refractivity contribution in [2.75, 3.05) is 18.2 Å². The molecule has 0 saturated heterocycles. The van der Waals surface area contributed by atoms with Crippen LogP contribution in [0.1, 0.15) is 12.8 Å². The molecule has 0 aliphatic heterocycles. The lowest BCUT2D eigenvalue weighted by atomic mass is 9.89. The summed E-state index contributed by atoms with van der Waals surface area (Å²) in [5, 5.41) is 7.29. The smallest absolute Gasteiger partial charge is 0.257 e. The third-order valence-corrected chi connectivity index (χ3v) is 3.11. The van der Waals surface area contributed by atoms with Crippen molar-refractivity contribution < 1.29 is 4.74 Å². The number of rotatable bonds is 4. The van der Waals surface area contributed by atoms with Crippen LogP contribution in [0.2, 0.25) is 0 Å². The summed E-state index contributed by atoms with van der Waals surface area (Å²) in [4.78, 5) is 12.4. The first-order chi connectivity index (χ1) is 9.24. The van der Waals surface area contributed by atoms with Gasteiger partial charge in [0.25, 0.3) is 5.95 Å². The molecule has 8 heteroatoms. The van der Waals surface area contributed by atoms with E-state index in [1.54, 1.807) is 30.3 Å². The van der Waals surface area contributed by atoms with Crippen molar-refractivity contribution in [1.29, 1.82) is 0 Å². The van der Waals surface area contributed by atoms with Crippen molar-refractivity contribution in [3.05, 3.63) is 18.5 Å². The highest BCUT2D eigenvalue weighted by Gasteiger charge is 2.29. The zero-order chi connectivity index (χ0) is 13.2. The second kappa shape index (κ2) is 4.81. The summed E-state index contributed by atoms with van der Waals surface area (Å²) in [6, 6.07) is 2.11. The van der Waals surface area contributed by atoms with Gasteiger partial charge in [-0.05, 0) is 18.9 Å². The Morgan fingerprint density at radius 2 is 2.21 bits per heavy atom. The molecule has 0 bridgehead atoms. The van der Waals surface area contributed by atoms with E-state index in [1.165, 1.54) is 0 Å². The Balaban J connectivity index is 1.75. The fourth-order valence-electron chi connectivity index (χ4n) is 1.99. The fraction of sp³-hybridized carbons (Fsp3) is 0.455. The second-order valence-corrected chi connectivity index (χ2v) is 4.44. The summed E-state index contributed by atoms with van der Waals surface area (Å²) in [7, 11) is 1.72. The molecule has 2 heterocycles. The van der Waals surface area contributed by atoms with Gasteiger partial charge in [0.15, 0.2) is 0 Å². The van der Waals surface area contributed by atoms with Gasteiger partial charge in [-0.25, -0.2) is 4.68 Å². The highest BCUT2D eigenvalue weighted by molar-refractivity contribution is 5.36. The van der Waals surface area contributed by atoms with E-state index >= 15 is 0 Å². The predicted molar refractivity (Wildman–Crippen MR) is 68.8 cm³/mol. The van der Waals surface area contributed by atoms with Crippen LogP contribution in [0.4, 0.5) is 11.9 Å². The number of anilines is 2. The molecule has 0 radical (unpaired) electrons. The number of ether oxygens (including phenoxy) is 1. The average Bonchev–Trinajstić information content (AvgIpc) is 2.86. The minimum absolute atomic E-state index is 0.172. The number of nitrogens with zero attached hydrogens (tertiary/aromatic N) is 5. The molecule has 100 valence electrons. The molecule has 2 aromatic rings. The summed E-state index contributed by atoms with van der Waals surface area (Å²) in [6.45, 7) is 0. The summed E-state index contributed by atoms with van der Waals surface area (Å²) >= 11 is 0. The first-order valence-corrected chi connectivity index (χ1v) is 6.05. The largest absolute Gasteiger partial charge is 0.381 e. The molecule has 0 aromatic carbocycles. The number of aromatic nitrogens is 5. The van der Waals surface area contributed by atoms with E-state index in [2.05, 4.69) is 25.4 Å². The van der Waals surface area contributed by atoms with Crippen LogP contribution in [0.25, 0.3) is 5.95 Å². The Bertz CT molecular complexity index is 550. The lowest BCUT2D eigenvalue weighted by Gasteiger charge is -2.34. The molecule has 1 aliphatic carbocycles. The number of nitrogens with two attached hydrogens (primary N) is 1. The minimum Gasteiger partial charge on any atom is -0.381 e. The van der Waals surface area contributed by atoms with Gasteiger partial charge in [0.05, 0.1) is 6.10 Å². The summed E-state index contributed by atoms with van der Waals surface area (Å²) in [5.41, 5.74) is 5.69. The molecule has 8 nitrogen and oxygen atoms in total. The zero-order valence-corrected chi connectivity index (χ0v) is 10.5. The highest BCUT2D eigenvalue weighted by Crippen LogP contribution is 2.25. The van der Waals surface area contributed by atoms with Crippen LogP contribution in [0.15, 0.2) is 18.5 Å². The van der Waals surface area contributed by atoms with Crippen molar-refractivity contribution in [2.45, 2.75) is 25.0 Å². The number of nitrogen functional groups attached to an aromatic ring is 1. The van der Waals surface area contributed by atoms with Crippen LogP contribution >= 0.6 is 0 Å². The van der Waals surface area contributed by atoms with Gasteiger partial charge in [0, 0.05) is 25.5 Å². The maximum atomic E-state index is 5.69. The van der Waals surface area contributed by atoms with Crippen LogP contribution in [0, 0.1) is 0 Å². The van der Waals surface area contributed by atoms with Gasteiger partial charge in [0.2, 0.25) is 11.9 Å². The lowest BCUT2D eigenvalue weighted by Crippen LogP contribution is -2.40. The molecule has 3 rings (SSSR count). The van der Waals surface area contributed by atoms with Crippen LogP contribution in [0.3, 0.4) is 0 Å². The molecule has 1 fully saturated rings. The van der Waals surface area contributed by atoms with E-state index in [-0.39, 0.29) is 5.95 Å². The molecule has 0 unspecified atom stereocenters. The summed E-state index contributed by atoms with van der Waals surface area (Å²) in [6.07, 6.45) is 5.62. The van der Waals surface area contributed by atoms with Gasteiger partial charge in [-0.15, -0.1) is 0 Å². The Labute approximate surface area is 110 Å². The van der Waals surface area contributed by atoms with Gasteiger partial charge in [-0.2, -0.15) is 20.1 Å². The third kappa shape index (κ3) is 2.48. The predicted octanol–water partition coefficient (Wildman–Crippen LogP) is 0.229. The first-order valence-electron chi connectivity index (χ1n) is 6.05. The van der Waals surface area contributed by atoms with E-state index in [1.807, 2.05) is 0 Å². The zero-order valence-electron chi connectivity index (χ0n) is 10.5. The number of methoxy groups -OCH3 is 1. The number of nitrogens with one attached hydrogen (secondary N) is 1. The Kier molecular flexibility index (Phi) is 3.00. The monoisotopic (exact) mass is 261 g/mol. The Morgan fingerprint density at radius 3 is 2.89 bits per heavy atom. The topological polar surface area (TPSA) is 104 Å². The van der Waals surface area contributed by atoms with Crippen molar-refractivity contribution in [3.63, 3.8) is 0 Å². The Morgan fingerprint density at radius 1 is 1.37 bits per heavy atom. The quantitative estimate of drug-likeness (QED) is 0.811. The molecule has 1 saturated carbocycles. The molecule has 1 aliphatic rings. The van der Waals surface area contributed by atoms with Crippen molar-refractivity contribution in [1.82, 2.24) is 24.7 Å². The third-order valence-electron chi connectivity index (χ3n) is 3.11. The van der Waals surface area contributed by atoms with Crippen LogP contribution in [-0.4, -0.2) is 44.0 Å². The lowest BCUT2D eigenvalue weighted by molar-refractivity contribution is 0.0327. The maximum absolute atomic E-state index is 5.69. The Hall–Kier alpha value is -2.22. The van der Waals surface area contributed by atoms with E-state index < -0.39 is 0 Å².